The summed E-state index contributed by atoms with van der Waals surface area (Å²) in [6.07, 6.45) is 4.73. The normalized spacial score (nSPS) is 11.2. The molecule has 0 atom stereocenters. The van der Waals surface area contributed by atoms with E-state index in [1.807, 2.05) is 49.4 Å². The van der Waals surface area contributed by atoms with E-state index in [0.29, 0.717) is 25.3 Å². The molecule has 0 aliphatic rings. The fourth-order valence-corrected chi connectivity index (χ4v) is 3.32. The van der Waals surface area contributed by atoms with Crippen molar-refractivity contribution in [1.29, 1.82) is 0 Å². The van der Waals surface area contributed by atoms with Gasteiger partial charge < -0.3 is 13.6 Å². The van der Waals surface area contributed by atoms with Gasteiger partial charge in [-0.15, -0.1) is 5.10 Å². The summed E-state index contributed by atoms with van der Waals surface area (Å²) in [6.45, 7) is 2.36. The number of hydrogen-bond donors (Lipinski definition) is 1. The van der Waals surface area contributed by atoms with Crippen molar-refractivity contribution in [2.75, 3.05) is 0 Å². The van der Waals surface area contributed by atoms with E-state index in [1.54, 1.807) is 12.5 Å². The molecule has 150 valence electrons. The van der Waals surface area contributed by atoms with E-state index in [4.69, 9.17) is 13.6 Å². The van der Waals surface area contributed by atoms with Crippen LogP contribution in [0.5, 0.6) is 5.75 Å². The zero-order valence-corrected chi connectivity index (χ0v) is 16.3. The minimum atomic E-state index is 0.317. The highest BCUT2D eigenvalue weighted by molar-refractivity contribution is 5.85. The van der Waals surface area contributed by atoms with E-state index in [0.717, 1.165) is 44.9 Å². The first kappa shape index (κ1) is 18.1. The van der Waals surface area contributed by atoms with E-state index in [-0.39, 0.29) is 0 Å². The molecule has 0 saturated heterocycles. The van der Waals surface area contributed by atoms with Gasteiger partial charge in [0.1, 0.15) is 35.9 Å². The maximum Gasteiger partial charge on any atom is 0.226 e. The Kier molecular flexibility index (Phi) is 4.72. The zero-order chi connectivity index (χ0) is 20.3. The Morgan fingerprint density at radius 3 is 2.87 bits per heavy atom. The minimum Gasteiger partial charge on any atom is -0.487 e. The van der Waals surface area contributed by atoms with Gasteiger partial charge in [-0.1, -0.05) is 17.7 Å². The van der Waals surface area contributed by atoms with E-state index in [1.165, 1.54) is 0 Å². The Balaban J connectivity index is 1.28. The molecule has 5 aromatic rings. The maximum atomic E-state index is 5.95. The highest BCUT2D eigenvalue weighted by atomic mass is 16.5. The average Bonchev–Trinajstić information content (AvgIpc) is 3.51. The largest absolute Gasteiger partial charge is 0.487 e. The molecular weight excluding hydrogens is 382 g/mol. The SMILES string of the molecule is Cc1cccc(-c2nc(COc3ccc4coc(CCc5nnn[nH]5)c4c3)co2)c1. The van der Waals surface area contributed by atoms with Crippen LogP contribution in [-0.2, 0) is 19.4 Å². The zero-order valence-electron chi connectivity index (χ0n) is 16.3. The Bertz CT molecular complexity index is 1270. The molecule has 0 aliphatic carbocycles. The van der Waals surface area contributed by atoms with Crippen molar-refractivity contribution >= 4 is 10.8 Å². The first-order valence-electron chi connectivity index (χ1n) is 9.61. The number of hydrogen-bond acceptors (Lipinski definition) is 7. The van der Waals surface area contributed by atoms with Crippen molar-refractivity contribution in [2.24, 2.45) is 0 Å². The number of ether oxygens (including phenoxy) is 1. The molecular formula is C22H19N5O3. The number of H-pyrrole nitrogens is 1. The molecule has 1 N–H and O–H groups in total. The first-order chi connectivity index (χ1) is 14.7. The standard InChI is InChI=1S/C22H19N5O3/c1-14-3-2-4-15(9-14)22-23-17(13-30-22)12-28-18-6-5-16-11-29-20(19(16)10-18)7-8-21-24-26-27-25-21/h2-6,9-11,13H,7-8,12H2,1H3,(H,24,25,26,27). The van der Waals surface area contributed by atoms with Crippen LogP contribution in [0.15, 0.2) is 63.8 Å². The van der Waals surface area contributed by atoms with E-state index in [9.17, 15) is 0 Å². The number of nitrogens with one attached hydrogen (secondary N) is 1. The lowest BCUT2D eigenvalue weighted by Gasteiger charge is -2.04. The number of oxazole rings is 1. The van der Waals surface area contributed by atoms with Crippen LogP contribution in [0.25, 0.3) is 22.2 Å². The van der Waals surface area contributed by atoms with Crippen molar-refractivity contribution in [2.45, 2.75) is 26.4 Å². The lowest BCUT2D eigenvalue weighted by molar-refractivity contribution is 0.301. The van der Waals surface area contributed by atoms with Gasteiger partial charge in [0.25, 0.3) is 0 Å². The third-order valence-corrected chi connectivity index (χ3v) is 4.83. The molecule has 0 bridgehead atoms. The second-order valence-electron chi connectivity index (χ2n) is 7.06. The van der Waals surface area contributed by atoms with Gasteiger partial charge in [-0.05, 0) is 47.7 Å². The Morgan fingerprint density at radius 2 is 2.00 bits per heavy atom. The predicted octanol–water partition coefficient (Wildman–Crippen LogP) is 4.27. The van der Waals surface area contributed by atoms with Gasteiger partial charge in [0, 0.05) is 29.2 Å². The summed E-state index contributed by atoms with van der Waals surface area (Å²) in [5, 5.41) is 15.9. The van der Waals surface area contributed by atoms with E-state index >= 15 is 0 Å². The molecule has 5 rings (SSSR count). The van der Waals surface area contributed by atoms with Gasteiger partial charge in [0.15, 0.2) is 0 Å². The molecule has 3 aromatic heterocycles. The van der Waals surface area contributed by atoms with Gasteiger partial charge in [0.05, 0.1) is 6.26 Å². The van der Waals surface area contributed by atoms with Gasteiger partial charge in [-0.2, -0.15) is 0 Å². The van der Waals surface area contributed by atoms with Crippen LogP contribution in [0.3, 0.4) is 0 Å². The molecule has 8 nitrogen and oxygen atoms in total. The number of tetrazole rings is 1. The van der Waals surface area contributed by atoms with Crippen LogP contribution >= 0.6 is 0 Å². The van der Waals surface area contributed by atoms with Crippen LogP contribution in [0.1, 0.15) is 22.8 Å². The maximum absolute atomic E-state index is 5.95. The van der Waals surface area contributed by atoms with Crippen LogP contribution < -0.4 is 4.74 Å². The summed E-state index contributed by atoms with van der Waals surface area (Å²) in [5.41, 5.74) is 2.84. The molecule has 2 aromatic carbocycles. The topological polar surface area (TPSA) is 103 Å². The van der Waals surface area contributed by atoms with Gasteiger partial charge in [0.2, 0.25) is 5.89 Å². The van der Waals surface area contributed by atoms with Crippen molar-refractivity contribution in [3.8, 4) is 17.2 Å². The Labute approximate surface area is 171 Å². The molecule has 0 unspecified atom stereocenters. The van der Waals surface area contributed by atoms with Crippen LogP contribution in [0, 0.1) is 6.92 Å². The third kappa shape index (κ3) is 3.80. The smallest absolute Gasteiger partial charge is 0.226 e. The van der Waals surface area contributed by atoms with Gasteiger partial charge in [-0.3, -0.25) is 0 Å². The van der Waals surface area contributed by atoms with E-state index in [2.05, 4.69) is 25.6 Å². The fourth-order valence-electron chi connectivity index (χ4n) is 3.32. The number of furan rings is 1. The lowest BCUT2D eigenvalue weighted by Crippen LogP contribution is -1.96. The third-order valence-electron chi connectivity index (χ3n) is 4.83. The van der Waals surface area contributed by atoms with Gasteiger partial charge in [-0.25, -0.2) is 10.1 Å². The highest BCUT2D eigenvalue weighted by Gasteiger charge is 2.11. The number of aromatic nitrogens is 5. The summed E-state index contributed by atoms with van der Waals surface area (Å²) < 4.78 is 17.3. The number of aryl methyl sites for hydroxylation is 3. The summed E-state index contributed by atoms with van der Waals surface area (Å²) in [6, 6.07) is 13.9. The second kappa shape index (κ2) is 7.82. The Hall–Kier alpha value is -3.94. The minimum absolute atomic E-state index is 0.317. The van der Waals surface area contributed by atoms with Crippen LogP contribution in [0.4, 0.5) is 0 Å². The summed E-state index contributed by atoms with van der Waals surface area (Å²) in [4.78, 5) is 4.53. The molecule has 0 aliphatic heterocycles. The molecule has 3 heterocycles. The van der Waals surface area contributed by atoms with Crippen molar-refractivity contribution in [1.82, 2.24) is 25.6 Å². The summed E-state index contributed by atoms with van der Waals surface area (Å²) in [5.74, 6) is 2.93. The van der Waals surface area contributed by atoms with Crippen LogP contribution in [0.2, 0.25) is 0 Å². The fraction of sp³-hybridized carbons (Fsp3) is 0.182. The van der Waals surface area contributed by atoms with Crippen molar-refractivity contribution in [3.05, 3.63) is 77.8 Å². The molecule has 30 heavy (non-hydrogen) atoms. The first-order valence-corrected chi connectivity index (χ1v) is 9.61. The monoisotopic (exact) mass is 401 g/mol. The lowest BCUT2D eigenvalue weighted by atomic mass is 10.1. The number of rotatable bonds is 7. The molecule has 0 spiro atoms. The summed E-state index contributed by atoms with van der Waals surface area (Å²) in [7, 11) is 0. The summed E-state index contributed by atoms with van der Waals surface area (Å²) >= 11 is 0. The van der Waals surface area contributed by atoms with E-state index < -0.39 is 0 Å². The van der Waals surface area contributed by atoms with Crippen LogP contribution in [-0.4, -0.2) is 25.6 Å². The molecule has 0 fully saturated rings. The quantitative estimate of drug-likeness (QED) is 0.434. The molecule has 0 amide bonds. The van der Waals surface area contributed by atoms with Crippen molar-refractivity contribution in [3.63, 3.8) is 0 Å². The molecule has 0 radical (unpaired) electrons. The van der Waals surface area contributed by atoms with Crippen molar-refractivity contribution < 1.29 is 13.6 Å². The van der Waals surface area contributed by atoms with Gasteiger partial charge >= 0.3 is 0 Å². The predicted molar refractivity (Wildman–Crippen MR) is 109 cm³/mol. The second-order valence-corrected chi connectivity index (χ2v) is 7.06. The number of fused-ring (bicyclic) bond motifs is 1. The molecule has 8 heteroatoms. The number of nitrogens with zero attached hydrogens (tertiary/aromatic N) is 4. The highest BCUT2D eigenvalue weighted by Crippen LogP contribution is 2.27. The number of benzene rings is 2. The molecule has 0 saturated carbocycles. The number of aromatic amines is 1. The Morgan fingerprint density at radius 1 is 1.03 bits per heavy atom. The average molecular weight is 401 g/mol.